The molecule has 0 aliphatic heterocycles. The second-order valence-corrected chi connectivity index (χ2v) is 2.95. The van der Waals surface area contributed by atoms with Crippen molar-refractivity contribution in [2.75, 3.05) is 24.3 Å². The van der Waals surface area contributed by atoms with E-state index in [1.54, 1.807) is 0 Å². The maximum Gasteiger partial charge on any atom is 0.119 e. The molecule has 0 amide bonds. The quantitative estimate of drug-likeness (QED) is 0.737. The SMILES string of the molecule is CCOc1ccc(NCCCl)cc1. The Labute approximate surface area is 83.9 Å². The predicted octanol–water partition coefficient (Wildman–Crippen LogP) is 2.74. The van der Waals surface area contributed by atoms with E-state index in [1.807, 2.05) is 31.2 Å². The molecular formula is C10H14ClNO. The number of anilines is 1. The van der Waals surface area contributed by atoms with Crippen molar-refractivity contribution in [3.63, 3.8) is 0 Å². The number of ether oxygens (including phenoxy) is 1. The first-order chi connectivity index (χ1) is 6.36. The van der Waals surface area contributed by atoms with E-state index in [0.29, 0.717) is 12.5 Å². The van der Waals surface area contributed by atoms with Crippen LogP contribution in [0.15, 0.2) is 24.3 Å². The third kappa shape index (κ3) is 3.55. The third-order valence-corrected chi connectivity index (χ3v) is 1.78. The van der Waals surface area contributed by atoms with Gasteiger partial charge in [-0.25, -0.2) is 0 Å². The Morgan fingerprint density at radius 2 is 2.00 bits per heavy atom. The molecular weight excluding hydrogens is 186 g/mol. The molecule has 0 saturated carbocycles. The summed E-state index contributed by atoms with van der Waals surface area (Å²) >= 11 is 5.55. The molecule has 0 fully saturated rings. The lowest BCUT2D eigenvalue weighted by Gasteiger charge is -2.06. The molecule has 0 unspecified atom stereocenters. The molecule has 0 radical (unpaired) electrons. The molecule has 0 saturated heterocycles. The van der Waals surface area contributed by atoms with Gasteiger partial charge in [0.15, 0.2) is 0 Å². The Kier molecular flexibility index (Phi) is 4.47. The lowest BCUT2D eigenvalue weighted by atomic mass is 10.3. The van der Waals surface area contributed by atoms with Gasteiger partial charge in [-0.15, -0.1) is 11.6 Å². The van der Waals surface area contributed by atoms with E-state index in [-0.39, 0.29) is 0 Å². The number of rotatable bonds is 5. The fourth-order valence-corrected chi connectivity index (χ4v) is 1.12. The highest BCUT2D eigenvalue weighted by atomic mass is 35.5. The second-order valence-electron chi connectivity index (χ2n) is 2.57. The number of halogens is 1. The van der Waals surface area contributed by atoms with Crippen LogP contribution in [0.1, 0.15) is 6.92 Å². The molecule has 13 heavy (non-hydrogen) atoms. The van der Waals surface area contributed by atoms with Gasteiger partial charge in [0.1, 0.15) is 5.75 Å². The van der Waals surface area contributed by atoms with Crippen LogP contribution in [0.25, 0.3) is 0 Å². The molecule has 2 nitrogen and oxygen atoms in total. The lowest BCUT2D eigenvalue weighted by Crippen LogP contribution is -2.01. The zero-order chi connectivity index (χ0) is 9.52. The van der Waals surface area contributed by atoms with Crippen LogP contribution in [0.4, 0.5) is 5.69 Å². The maximum absolute atomic E-state index is 5.55. The van der Waals surface area contributed by atoms with Crippen molar-refractivity contribution in [2.24, 2.45) is 0 Å². The minimum Gasteiger partial charge on any atom is -0.494 e. The van der Waals surface area contributed by atoms with Gasteiger partial charge in [-0.3, -0.25) is 0 Å². The monoisotopic (exact) mass is 199 g/mol. The summed E-state index contributed by atoms with van der Waals surface area (Å²) in [6.07, 6.45) is 0. The molecule has 1 rings (SSSR count). The first-order valence-electron chi connectivity index (χ1n) is 4.39. The zero-order valence-electron chi connectivity index (χ0n) is 7.72. The van der Waals surface area contributed by atoms with Crippen molar-refractivity contribution in [1.29, 1.82) is 0 Å². The van der Waals surface area contributed by atoms with E-state index >= 15 is 0 Å². The Morgan fingerprint density at radius 3 is 2.54 bits per heavy atom. The van der Waals surface area contributed by atoms with Gasteiger partial charge >= 0.3 is 0 Å². The van der Waals surface area contributed by atoms with Gasteiger partial charge in [0.25, 0.3) is 0 Å². The summed E-state index contributed by atoms with van der Waals surface area (Å²) in [7, 11) is 0. The van der Waals surface area contributed by atoms with Crippen LogP contribution < -0.4 is 10.1 Å². The van der Waals surface area contributed by atoms with E-state index in [1.165, 1.54) is 0 Å². The van der Waals surface area contributed by atoms with Crippen LogP contribution in [0.5, 0.6) is 5.75 Å². The average Bonchev–Trinajstić information content (AvgIpc) is 2.17. The van der Waals surface area contributed by atoms with Crippen LogP contribution in [0.3, 0.4) is 0 Å². The van der Waals surface area contributed by atoms with Crippen LogP contribution >= 0.6 is 11.6 Å². The van der Waals surface area contributed by atoms with E-state index in [0.717, 1.165) is 18.0 Å². The fraction of sp³-hybridized carbons (Fsp3) is 0.400. The minimum atomic E-state index is 0.618. The number of alkyl halides is 1. The summed E-state index contributed by atoms with van der Waals surface area (Å²) in [6.45, 7) is 3.46. The normalized spacial score (nSPS) is 9.69. The molecule has 0 aliphatic carbocycles. The standard InChI is InChI=1S/C10H14ClNO/c1-2-13-10-5-3-9(4-6-10)12-8-7-11/h3-6,12H,2,7-8H2,1H3. The molecule has 0 aromatic heterocycles. The summed E-state index contributed by atoms with van der Waals surface area (Å²) in [4.78, 5) is 0. The second kappa shape index (κ2) is 5.70. The Bertz CT molecular complexity index is 235. The highest BCUT2D eigenvalue weighted by Crippen LogP contribution is 2.15. The molecule has 0 atom stereocenters. The minimum absolute atomic E-state index is 0.618. The molecule has 72 valence electrons. The molecule has 0 heterocycles. The summed E-state index contributed by atoms with van der Waals surface area (Å²) in [5.41, 5.74) is 1.07. The predicted molar refractivity (Wildman–Crippen MR) is 56.8 cm³/mol. The number of benzene rings is 1. The molecule has 1 aromatic carbocycles. The first-order valence-corrected chi connectivity index (χ1v) is 4.93. The van der Waals surface area contributed by atoms with Crippen molar-refractivity contribution in [2.45, 2.75) is 6.92 Å². The van der Waals surface area contributed by atoms with Crippen LogP contribution in [-0.4, -0.2) is 19.0 Å². The van der Waals surface area contributed by atoms with Crippen LogP contribution in [-0.2, 0) is 0 Å². The van der Waals surface area contributed by atoms with E-state index in [4.69, 9.17) is 16.3 Å². The van der Waals surface area contributed by atoms with Crippen LogP contribution in [0.2, 0.25) is 0 Å². The third-order valence-electron chi connectivity index (χ3n) is 1.59. The molecule has 0 bridgehead atoms. The highest BCUT2D eigenvalue weighted by molar-refractivity contribution is 6.18. The largest absolute Gasteiger partial charge is 0.494 e. The fourth-order valence-electron chi connectivity index (χ4n) is 1.03. The smallest absolute Gasteiger partial charge is 0.119 e. The Balaban J connectivity index is 2.48. The molecule has 1 aromatic rings. The zero-order valence-corrected chi connectivity index (χ0v) is 8.47. The van der Waals surface area contributed by atoms with Crippen LogP contribution in [0, 0.1) is 0 Å². The molecule has 1 N–H and O–H groups in total. The molecule has 0 aliphatic rings. The maximum atomic E-state index is 5.55. The topological polar surface area (TPSA) is 21.3 Å². The van der Waals surface area contributed by atoms with Crippen molar-refractivity contribution in [3.05, 3.63) is 24.3 Å². The first kappa shape index (κ1) is 10.2. The van der Waals surface area contributed by atoms with E-state index in [9.17, 15) is 0 Å². The summed E-state index contributed by atoms with van der Waals surface area (Å²) in [5.74, 6) is 1.52. The summed E-state index contributed by atoms with van der Waals surface area (Å²) in [6, 6.07) is 7.86. The van der Waals surface area contributed by atoms with Gasteiger partial charge in [-0.2, -0.15) is 0 Å². The summed E-state index contributed by atoms with van der Waals surface area (Å²) < 4.78 is 5.31. The lowest BCUT2D eigenvalue weighted by molar-refractivity contribution is 0.340. The van der Waals surface area contributed by atoms with Gasteiger partial charge < -0.3 is 10.1 Å². The van der Waals surface area contributed by atoms with Crippen molar-refractivity contribution in [3.8, 4) is 5.75 Å². The average molecular weight is 200 g/mol. The van der Waals surface area contributed by atoms with Gasteiger partial charge in [-0.05, 0) is 31.2 Å². The van der Waals surface area contributed by atoms with Gasteiger partial charge in [0, 0.05) is 18.1 Å². The van der Waals surface area contributed by atoms with E-state index in [2.05, 4.69) is 5.32 Å². The van der Waals surface area contributed by atoms with Crippen molar-refractivity contribution in [1.82, 2.24) is 0 Å². The Hall–Kier alpha value is -0.890. The van der Waals surface area contributed by atoms with Crippen molar-refractivity contribution < 1.29 is 4.74 Å². The number of hydrogen-bond donors (Lipinski definition) is 1. The summed E-state index contributed by atoms with van der Waals surface area (Å²) in [5, 5.41) is 3.18. The molecule has 3 heteroatoms. The highest BCUT2D eigenvalue weighted by Gasteiger charge is 1.92. The molecule has 0 spiro atoms. The van der Waals surface area contributed by atoms with Gasteiger partial charge in [0.2, 0.25) is 0 Å². The Morgan fingerprint density at radius 1 is 1.31 bits per heavy atom. The van der Waals surface area contributed by atoms with E-state index < -0.39 is 0 Å². The van der Waals surface area contributed by atoms with Crippen molar-refractivity contribution >= 4 is 17.3 Å². The van der Waals surface area contributed by atoms with Gasteiger partial charge in [0.05, 0.1) is 6.61 Å². The van der Waals surface area contributed by atoms with Gasteiger partial charge in [-0.1, -0.05) is 0 Å². The number of hydrogen-bond acceptors (Lipinski definition) is 2. The number of nitrogens with one attached hydrogen (secondary N) is 1.